The molecule has 0 fully saturated rings. The number of halogens is 2. The fourth-order valence-electron chi connectivity index (χ4n) is 7.28. The van der Waals surface area contributed by atoms with Gasteiger partial charge in [0, 0.05) is 53.4 Å². The van der Waals surface area contributed by atoms with E-state index in [0.717, 1.165) is 55.8 Å². The Bertz CT molecular complexity index is 3370. The molecule has 0 spiro atoms. The summed E-state index contributed by atoms with van der Waals surface area (Å²) in [6, 6.07) is 48.8. The average molecular weight is 973 g/mol. The van der Waals surface area contributed by atoms with Crippen molar-refractivity contribution in [3.8, 4) is 28.5 Å². The van der Waals surface area contributed by atoms with Crippen molar-refractivity contribution in [1.82, 2.24) is 14.8 Å². The molecule has 0 unspecified atom stereocenters. The highest BCUT2D eigenvalue weighted by atomic mass is 35.5. The Balaban J connectivity index is 0.000000195. The summed E-state index contributed by atoms with van der Waals surface area (Å²) in [4.78, 5) is 15.9. The van der Waals surface area contributed by atoms with E-state index in [1.165, 1.54) is 5.69 Å². The molecule has 2 N–H and O–H groups in total. The summed E-state index contributed by atoms with van der Waals surface area (Å²) in [5.41, 5.74) is 18.9. The molecule has 0 saturated heterocycles. The van der Waals surface area contributed by atoms with Crippen molar-refractivity contribution in [2.24, 2.45) is 10.2 Å². The van der Waals surface area contributed by atoms with Crippen LogP contribution >= 0.6 is 23.2 Å². The molecule has 1 aromatic heterocycles. The first-order chi connectivity index (χ1) is 34.2. The number of nitrogens with two attached hydrogens (primary N) is 1. The SMILES string of the molecule is CN(C)c1ccccc1.Cc1ccccc1/C(Cl)=N/N=C(\Cl)c1ccccc1.[C-]#[N+]c1cc(C)c(-n2c(-c3ccccc3)nnc2-c2ccccc2C)c(C)c1[N+]#[C-].[C-]#[N+]c1cc(C)c(N)c(C)c1[N+]#[C-]. The van der Waals surface area contributed by atoms with Gasteiger partial charge in [0.25, 0.3) is 0 Å². The number of aromatic nitrogens is 3. The Morgan fingerprint density at radius 1 is 0.535 bits per heavy atom. The van der Waals surface area contributed by atoms with Gasteiger partial charge < -0.3 is 10.6 Å². The maximum atomic E-state index is 7.63. The zero-order chi connectivity index (χ0) is 51.6. The molecule has 71 heavy (non-hydrogen) atoms. The molecule has 0 radical (unpaired) electrons. The molecule has 11 nitrogen and oxygen atoms in total. The first-order valence-electron chi connectivity index (χ1n) is 22.1. The van der Waals surface area contributed by atoms with Crippen LogP contribution in [0.1, 0.15) is 44.5 Å². The van der Waals surface area contributed by atoms with E-state index < -0.39 is 0 Å². The number of nitrogen functional groups attached to an aromatic ring is 1. The first kappa shape index (κ1) is 53.1. The predicted molar refractivity (Wildman–Crippen MR) is 295 cm³/mol. The van der Waals surface area contributed by atoms with Gasteiger partial charge in [-0.05, 0) is 87.1 Å². The summed E-state index contributed by atoms with van der Waals surface area (Å²) < 4.78 is 2.02. The van der Waals surface area contributed by atoms with Gasteiger partial charge in [-0.1, -0.05) is 163 Å². The van der Waals surface area contributed by atoms with E-state index in [1.54, 1.807) is 19.1 Å². The summed E-state index contributed by atoms with van der Waals surface area (Å²) in [7, 11) is 4.07. The second-order valence-corrected chi connectivity index (χ2v) is 16.9. The molecule has 0 saturated carbocycles. The highest BCUT2D eigenvalue weighted by Gasteiger charge is 2.23. The van der Waals surface area contributed by atoms with E-state index in [-0.39, 0.29) is 0 Å². The van der Waals surface area contributed by atoms with E-state index in [9.17, 15) is 0 Å². The zero-order valence-electron chi connectivity index (χ0n) is 40.7. The monoisotopic (exact) mass is 971 g/mol. The molecule has 0 amide bonds. The van der Waals surface area contributed by atoms with E-state index in [4.69, 9.17) is 55.2 Å². The summed E-state index contributed by atoms with van der Waals surface area (Å²) in [6.07, 6.45) is 0. The summed E-state index contributed by atoms with van der Waals surface area (Å²) in [6.45, 7) is 40.4. The number of para-hydroxylation sites is 1. The fourth-order valence-corrected chi connectivity index (χ4v) is 7.69. The van der Waals surface area contributed by atoms with Gasteiger partial charge in [0.05, 0.1) is 26.3 Å². The number of hydrogen-bond acceptors (Lipinski definition) is 6. The van der Waals surface area contributed by atoms with Crippen LogP contribution in [0.4, 0.5) is 34.1 Å². The van der Waals surface area contributed by atoms with Crippen LogP contribution in [-0.4, -0.2) is 39.2 Å². The fraction of sp³-hybridized carbons (Fsp3) is 0.138. The number of nitrogens with zero attached hydrogens (tertiary/aromatic N) is 10. The van der Waals surface area contributed by atoms with Gasteiger partial charge in [-0.25, -0.2) is 9.69 Å². The van der Waals surface area contributed by atoms with Gasteiger partial charge in [-0.2, -0.15) is 0 Å². The second-order valence-electron chi connectivity index (χ2n) is 16.1. The van der Waals surface area contributed by atoms with Crippen LogP contribution in [0.2, 0.25) is 0 Å². The van der Waals surface area contributed by atoms with Crippen molar-refractivity contribution in [3.05, 3.63) is 242 Å². The molecule has 0 aliphatic rings. The maximum absolute atomic E-state index is 7.63. The van der Waals surface area contributed by atoms with Crippen LogP contribution in [0.25, 0.3) is 47.8 Å². The molecule has 0 aliphatic heterocycles. The molecule has 1 heterocycles. The van der Waals surface area contributed by atoms with Crippen LogP contribution in [-0.2, 0) is 0 Å². The quantitative estimate of drug-likeness (QED) is 0.0744. The third kappa shape index (κ3) is 13.2. The minimum Gasteiger partial charge on any atom is -0.399 e. The van der Waals surface area contributed by atoms with Gasteiger partial charge in [0.1, 0.15) is 0 Å². The highest BCUT2D eigenvalue weighted by molar-refractivity contribution is 6.71. The van der Waals surface area contributed by atoms with E-state index in [1.807, 2.05) is 181 Å². The number of rotatable bonds is 7. The second kappa shape index (κ2) is 25.5. The Morgan fingerprint density at radius 3 is 1.55 bits per heavy atom. The Kier molecular flexibility index (Phi) is 19.1. The van der Waals surface area contributed by atoms with Crippen molar-refractivity contribution >= 4 is 67.7 Å². The van der Waals surface area contributed by atoms with Gasteiger partial charge >= 0.3 is 0 Å². The number of anilines is 2. The molecule has 0 bridgehead atoms. The maximum Gasteiger partial charge on any atom is 0.199 e. The van der Waals surface area contributed by atoms with Gasteiger partial charge in [-0.3, -0.25) is 14.3 Å². The summed E-state index contributed by atoms with van der Waals surface area (Å²) in [5.74, 6) is 1.41. The Morgan fingerprint density at radius 2 is 1.01 bits per heavy atom. The molecule has 8 rings (SSSR count). The van der Waals surface area contributed by atoms with E-state index in [2.05, 4.69) is 56.8 Å². The lowest BCUT2D eigenvalue weighted by molar-refractivity contribution is 1.04. The Labute approximate surface area is 427 Å². The number of hydrogen-bond donors (Lipinski definition) is 1. The molecule has 352 valence electrons. The lowest BCUT2D eigenvalue weighted by atomic mass is 10.0. The summed E-state index contributed by atoms with van der Waals surface area (Å²) in [5, 5.41) is 17.6. The standard InChI is InChI=1S/C25H19N5.C15H12Cl2N2.C10H9N3.C8H11N/c1-16-11-9-10-14-20(16)25-29-28-24(19-12-7-6-8-13-19)30(25)23-17(2)15-21(26-4)22(27-5)18(23)3;1-11-7-5-6-10-13(11)15(17)19-18-14(16)12-8-3-2-4-9-12;1-6-5-8(12-3)10(13-4)7(2)9(6)11;1-9(2)8-6-4-3-5-7-8/h6-15H,1-3H3;2-10H,1H3;5H,11H2,1-2H3;3-7H,1-2H3/b;18-14-,19-15-;;. The topological polar surface area (TPSA) is 102 Å². The van der Waals surface area contributed by atoms with Crippen molar-refractivity contribution in [2.45, 2.75) is 41.5 Å². The van der Waals surface area contributed by atoms with E-state index in [0.29, 0.717) is 56.0 Å². The lowest BCUT2D eigenvalue weighted by Crippen LogP contribution is -2.07. The minimum absolute atomic E-state index is 0.312. The third-order valence-corrected chi connectivity index (χ3v) is 11.7. The van der Waals surface area contributed by atoms with Crippen LogP contribution in [0.5, 0.6) is 0 Å². The van der Waals surface area contributed by atoms with Crippen LogP contribution in [0, 0.1) is 67.8 Å². The number of aryl methyl sites for hydroxylation is 4. The van der Waals surface area contributed by atoms with Gasteiger partial charge in [0.2, 0.25) is 0 Å². The van der Waals surface area contributed by atoms with E-state index >= 15 is 0 Å². The number of benzene rings is 7. The summed E-state index contributed by atoms with van der Waals surface area (Å²) >= 11 is 12.2. The molecule has 0 aliphatic carbocycles. The molecule has 8 aromatic rings. The van der Waals surface area contributed by atoms with Crippen LogP contribution < -0.4 is 10.6 Å². The predicted octanol–water partition coefficient (Wildman–Crippen LogP) is 15.9. The first-order valence-corrected chi connectivity index (χ1v) is 22.8. The smallest absolute Gasteiger partial charge is 0.199 e. The zero-order valence-corrected chi connectivity index (χ0v) is 42.3. The molecular formula is C58H51Cl2N11. The average Bonchev–Trinajstić information content (AvgIpc) is 3.82. The van der Waals surface area contributed by atoms with Gasteiger partial charge in [-0.15, -0.1) is 20.4 Å². The molecular weight excluding hydrogens is 922 g/mol. The third-order valence-electron chi connectivity index (χ3n) is 11.1. The van der Waals surface area contributed by atoms with Crippen LogP contribution in [0.3, 0.4) is 0 Å². The van der Waals surface area contributed by atoms with Crippen molar-refractivity contribution in [1.29, 1.82) is 0 Å². The molecule has 13 heteroatoms. The van der Waals surface area contributed by atoms with Gasteiger partial charge in [0.15, 0.2) is 44.7 Å². The largest absolute Gasteiger partial charge is 0.399 e. The highest BCUT2D eigenvalue weighted by Crippen LogP contribution is 2.41. The van der Waals surface area contributed by atoms with Crippen molar-refractivity contribution in [2.75, 3.05) is 24.7 Å². The molecule has 7 aromatic carbocycles. The lowest BCUT2D eigenvalue weighted by Gasteiger charge is -2.18. The minimum atomic E-state index is 0.312. The Hall–Kier alpha value is -8.84. The van der Waals surface area contributed by atoms with Crippen molar-refractivity contribution in [3.63, 3.8) is 0 Å². The van der Waals surface area contributed by atoms with Crippen molar-refractivity contribution < 1.29 is 0 Å². The van der Waals surface area contributed by atoms with Crippen LogP contribution in [0.15, 0.2) is 162 Å². The normalized spacial score (nSPS) is 10.6. The molecule has 0 atom stereocenters.